The van der Waals surface area contributed by atoms with E-state index in [1.807, 2.05) is 0 Å². The lowest BCUT2D eigenvalue weighted by Crippen LogP contribution is -1.99. The van der Waals surface area contributed by atoms with Crippen LogP contribution >= 0.6 is 0 Å². The van der Waals surface area contributed by atoms with E-state index in [2.05, 4.69) is 19.1 Å². The predicted molar refractivity (Wildman–Crippen MR) is 33.5 cm³/mol. The van der Waals surface area contributed by atoms with Gasteiger partial charge in [-0.25, -0.2) is 0 Å². The molecule has 1 N–H and O–H groups in total. The average molecular weight is 112 g/mol. The Kier molecular flexibility index (Phi) is 1.69. The second-order valence-electron chi connectivity index (χ2n) is 2.54. The van der Waals surface area contributed by atoms with E-state index in [4.69, 9.17) is 5.11 Å². The molecule has 8 heavy (non-hydrogen) atoms. The van der Waals surface area contributed by atoms with Gasteiger partial charge in [-0.1, -0.05) is 19.1 Å². The fourth-order valence-electron chi connectivity index (χ4n) is 1.12. The number of allylic oxidation sites excluding steroid dienone is 1. The molecular formula is C7H12O. The monoisotopic (exact) mass is 112 g/mol. The molecule has 0 saturated carbocycles. The summed E-state index contributed by atoms with van der Waals surface area (Å²) in [6, 6.07) is 0. The standard InChI is InChI=1S/C7H12O/c1-6-2-3-7(4-6)5-8/h2-3,6-8H,4-5H2,1H3/t6?,7-/m1/s1. The zero-order valence-electron chi connectivity index (χ0n) is 5.17. The van der Waals surface area contributed by atoms with Crippen LogP contribution in [0.3, 0.4) is 0 Å². The molecule has 2 atom stereocenters. The van der Waals surface area contributed by atoms with Crippen molar-refractivity contribution in [3.63, 3.8) is 0 Å². The van der Waals surface area contributed by atoms with Crippen LogP contribution < -0.4 is 0 Å². The number of hydrogen-bond donors (Lipinski definition) is 1. The molecule has 46 valence electrons. The van der Waals surface area contributed by atoms with E-state index >= 15 is 0 Å². The molecule has 1 unspecified atom stereocenters. The van der Waals surface area contributed by atoms with Gasteiger partial charge in [0, 0.05) is 12.5 Å². The summed E-state index contributed by atoms with van der Waals surface area (Å²) in [5, 5.41) is 8.63. The van der Waals surface area contributed by atoms with Crippen molar-refractivity contribution >= 4 is 0 Å². The molecule has 0 aromatic heterocycles. The third kappa shape index (κ3) is 1.10. The van der Waals surface area contributed by atoms with Gasteiger partial charge < -0.3 is 5.11 Å². The first kappa shape index (κ1) is 5.83. The molecule has 1 aliphatic rings. The van der Waals surface area contributed by atoms with Crippen LogP contribution in [0.15, 0.2) is 12.2 Å². The lowest BCUT2D eigenvalue weighted by atomic mass is 10.1. The highest BCUT2D eigenvalue weighted by atomic mass is 16.3. The van der Waals surface area contributed by atoms with Crippen molar-refractivity contribution in [1.29, 1.82) is 0 Å². The molecule has 1 rings (SSSR count). The summed E-state index contributed by atoms with van der Waals surface area (Å²) in [5.74, 6) is 1.14. The lowest BCUT2D eigenvalue weighted by Gasteiger charge is -2.01. The van der Waals surface area contributed by atoms with E-state index in [0.29, 0.717) is 18.4 Å². The van der Waals surface area contributed by atoms with Crippen LogP contribution in [0.2, 0.25) is 0 Å². The second-order valence-corrected chi connectivity index (χ2v) is 2.54. The zero-order valence-corrected chi connectivity index (χ0v) is 5.17. The Morgan fingerprint density at radius 1 is 1.62 bits per heavy atom. The number of hydrogen-bond acceptors (Lipinski definition) is 1. The highest BCUT2D eigenvalue weighted by Crippen LogP contribution is 2.21. The van der Waals surface area contributed by atoms with Crippen molar-refractivity contribution < 1.29 is 5.11 Å². The van der Waals surface area contributed by atoms with Gasteiger partial charge in [0.2, 0.25) is 0 Å². The first-order valence-corrected chi connectivity index (χ1v) is 3.12. The summed E-state index contributed by atoms with van der Waals surface area (Å²) < 4.78 is 0. The Balaban J connectivity index is 2.34. The first-order valence-electron chi connectivity index (χ1n) is 3.12. The van der Waals surface area contributed by atoms with Gasteiger partial charge >= 0.3 is 0 Å². The number of aliphatic hydroxyl groups excluding tert-OH is 1. The highest BCUT2D eigenvalue weighted by Gasteiger charge is 2.12. The molecule has 0 spiro atoms. The van der Waals surface area contributed by atoms with Crippen LogP contribution in [0.4, 0.5) is 0 Å². The molecule has 1 nitrogen and oxygen atoms in total. The number of rotatable bonds is 1. The summed E-state index contributed by atoms with van der Waals surface area (Å²) in [6.07, 6.45) is 5.40. The third-order valence-electron chi connectivity index (χ3n) is 1.62. The molecule has 0 radical (unpaired) electrons. The summed E-state index contributed by atoms with van der Waals surface area (Å²) in [4.78, 5) is 0. The fourth-order valence-corrected chi connectivity index (χ4v) is 1.12. The van der Waals surface area contributed by atoms with E-state index in [0.717, 1.165) is 6.42 Å². The van der Waals surface area contributed by atoms with Crippen LogP contribution in [0.5, 0.6) is 0 Å². The Bertz CT molecular complexity index is 96.6. The maximum absolute atomic E-state index is 8.63. The van der Waals surface area contributed by atoms with Gasteiger partial charge in [0.05, 0.1) is 0 Å². The van der Waals surface area contributed by atoms with Crippen molar-refractivity contribution in [2.45, 2.75) is 13.3 Å². The van der Waals surface area contributed by atoms with Gasteiger partial charge in [-0.05, 0) is 12.3 Å². The van der Waals surface area contributed by atoms with E-state index < -0.39 is 0 Å². The normalized spacial score (nSPS) is 36.2. The van der Waals surface area contributed by atoms with Crippen molar-refractivity contribution in [2.24, 2.45) is 11.8 Å². The smallest absolute Gasteiger partial charge is 0.0494 e. The molecule has 0 heterocycles. The summed E-state index contributed by atoms with van der Waals surface area (Å²) in [6.45, 7) is 2.49. The van der Waals surface area contributed by atoms with E-state index in [1.165, 1.54) is 0 Å². The Hall–Kier alpha value is -0.300. The minimum absolute atomic E-state index is 0.320. The van der Waals surface area contributed by atoms with Crippen LogP contribution in [0.1, 0.15) is 13.3 Å². The molecular weight excluding hydrogens is 100 g/mol. The van der Waals surface area contributed by atoms with Crippen LogP contribution in [0.25, 0.3) is 0 Å². The lowest BCUT2D eigenvalue weighted by molar-refractivity contribution is 0.246. The van der Waals surface area contributed by atoms with Crippen LogP contribution in [-0.2, 0) is 0 Å². The third-order valence-corrected chi connectivity index (χ3v) is 1.62. The molecule has 0 fully saturated rings. The van der Waals surface area contributed by atoms with Gasteiger partial charge in [-0.3, -0.25) is 0 Å². The molecule has 1 aliphatic carbocycles. The largest absolute Gasteiger partial charge is 0.396 e. The van der Waals surface area contributed by atoms with Gasteiger partial charge in [-0.2, -0.15) is 0 Å². The van der Waals surface area contributed by atoms with Gasteiger partial charge in [0.1, 0.15) is 0 Å². The fraction of sp³-hybridized carbons (Fsp3) is 0.714. The minimum Gasteiger partial charge on any atom is -0.396 e. The summed E-state index contributed by atoms with van der Waals surface area (Å²) in [5.41, 5.74) is 0. The predicted octanol–water partition coefficient (Wildman–Crippen LogP) is 1.19. The average Bonchev–Trinajstić information content (AvgIpc) is 2.14. The van der Waals surface area contributed by atoms with Crippen molar-refractivity contribution in [3.8, 4) is 0 Å². The van der Waals surface area contributed by atoms with Crippen molar-refractivity contribution in [1.82, 2.24) is 0 Å². The quantitative estimate of drug-likeness (QED) is 0.505. The van der Waals surface area contributed by atoms with Gasteiger partial charge in [0.15, 0.2) is 0 Å². The summed E-state index contributed by atoms with van der Waals surface area (Å²) in [7, 11) is 0. The van der Waals surface area contributed by atoms with Crippen LogP contribution in [0, 0.1) is 11.8 Å². The van der Waals surface area contributed by atoms with Gasteiger partial charge in [-0.15, -0.1) is 0 Å². The maximum Gasteiger partial charge on any atom is 0.0494 e. The first-order chi connectivity index (χ1) is 3.83. The van der Waals surface area contributed by atoms with Crippen molar-refractivity contribution in [3.05, 3.63) is 12.2 Å². The SMILES string of the molecule is CC1C=C[C@@H](CO)C1. The maximum atomic E-state index is 8.63. The minimum atomic E-state index is 0.320. The highest BCUT2D eigenvalue weighted by molar-refractivity contribution is 4.99. The van der Waals surface area contributed by atoms with E-state index in [9.17, 15) is 0 Å². The molecule has 0 amide bonds. The zero-order chi connectivity index (χ0) is 5.98. The summed E-state index contributed by atoms with van der Waals surface area (Å²) >= 11 is 0. The topological polar surface area (TPSA) is 20.2 Å². The van der Waals surface area contributed by atoms with Crippen molar-refractivity contribution in [2.75, 3.05) is 6.61 Å². The number of aliphatic hydroxyl groups is 1. The molecule has 0 bridgehead atoms. The molecule has 0 aliphatic heterocycles. The molecule has 0 aromatic rings. The Morgan fingerprint density at radius 3 is 2.62 bits per heavy atom. The van der Waals surface area contributed by atoms with E-state index in [1.54, 1.807) is 0 Å². The molecule has 0 saturated heterocycles. The second kappa shape index (κ2) is 2.31. The Morgan fingerprint density at radius 2 is 2.38 bits per heavy atom. The van der Waals surface area contributed by atoms with Gasteiger partial charge in [0.25, 0.3) is 0 Å². The molecule has 0 aromatic carbocycles. The Labute approximate surface area is 50.0 Å². The van der Waals surface area contributed by atoms with E-state index in [-0.39, 0.29) is 0 Å². The molecule has 1 heteroatoms. The van der Waals surface area contributed by atoms with Crippen LogP contribution in [-0.4, -0.2) is 11.7 Å².